The van der Waals surface area contributed by atoms with Gasteiger partial charge in [-0.3, -0.25) is 0 Å². The Bertz CT molecular complexity index is 551. The molecule has 2 aromatic rings. The van der Waals surface area contributed by atoms with Gasteiger partial charge in [-0.15, -0.1) is 21.5 Å². The molecule has 1 aromatic carbocycles. The molecule has 0 amide bonds. The molecule has 5 heteroatoms. The highest BCUT2D eigenvalue weighted by molar-refractivity contribution is 7.11. The van der Waals surface area contributed by atoms with Crippen LogP contribution in [0.2, 0.25) is 5.02 Å². The zero-order valence-corrected chi connectivity index (χ0v) is 12.2. The second kappa shape index (κ2) is 5.99. The van der Waals surface area contributed by atoms with Crippen molar-refractivity contribution < 1.29 is 0 Å². The zero-order chi connectivity index (χ0) is 13.1. The molecule has 1 heterocycles. The minimum Gasteiger partial charge on any atom is -0.314 e. The van der Waals surface area contributed by atoms with Crippen LogP contribution in [-0.2, 0) is 12.8 Å². The summed E-state index contributed by atoms with van der Waals surface area (Å²) in [6.45, 7) is 1.01. The lowest BCUT2D eigenvalue weighted by molar-refractivity contribution is 0.677. The minimum absolute atomic E-state index is 0.763. The molecule has 3 nitrogen and oxygen atoms in total. The first kappa shape index (κ1) is 13.0. The fourth-order valence-corrected chi connectivity index (χ4v) is 3.04. The zero-order valence-electron chi connectivity index (χ0n) is 10.6. The summed E-state index contributed by atoms with van der Waals surface area (Å²) in [5, 5.41) is 14.9. The highest BCUT2D eigenvalue weighted by Crippen LogP contribution is 2.20. The maximum absolute atomic E-state index is 5.98. The minimum atomic E-state index is 0.763. The summed E-state index contributed by atoms with van der Waals surface area (Å²) in [5.41, 5.74) is 1.19. The van der Waals surface area contributed by atoms with Crippen molar-refractivity contribution in [2.24, 2.45) is 0 Å². The number of halogens is 1. The van der Waals surface area contributed by atoms with Crippen molar-refractivity contribution in [2.75, 3.05) is 6.54 Å². The quantitative estimate of drug-likeness (QED) is 0.889. The monoisotopic (exact) mass is 293 g/mol. The van der Waals surface area contributed by atoms with Gasteiger partial charge in [0.1, 0.15) is 10.0 Å². The second-order valence-corrected chi connectivity index (χ2v) is 6.46. The third kappa shape index (κ3) is 4.00. The lowest BCUT2D eigenvalue weighted by atomic mass is 10.2. The van der Waals surface area contributed by atoms with Gasteiger partial charge >= 0.3 is 0 Å². The average molecular weight is 294 g/mol. The van der Waals surface area contributed by atoms with Crippen LogP contribution in [0.15, 0.2) is 24.3 Å². The summed E-state index contributed by atoms with van der Waals surface area (Å²) >= 11 is 7.68. The van der Waals surface area contributed by atoms with Crippen molar-refractivity contribution in [3.63, 3.8) is 0 Å². The summed E-state index contributed by atoms with van der Waals surface area (Å²) in [6.07, 6.45) is 4.45. The molecule has 0 radical (unpaired) electrons. The summed E-state index contributed by atoms with van der Waals surface area (Å²) in [5.74, 6) is 0. The number of benzene rings is 1. The molecule has 1 aliphatic carbocycles. The number of rotatable bonds is 6. The van der Waals surface area contributed by atoms with Gasteiger partial charge in [0.2, 0.25) is 0 Å². The van der Waals surface area contributed by atoms with Gasteiger partial charge in [0.05, 0.1) is 0 Å². The number of hydrogen-bond donors (Lipinski definition) is 1. The van der Waals surface area contributed by atoms with Gasteiger partial charge in [0.25, 0.3) is 0 Å². The van der Waals surface area contributed by atoms with Crippen LogP contribution in [0.3, 0.4) is 0 Å². The van der Waals surface area contributed by atoms with Crippen molar-refractivity contribution in [1.82, 2.24) is 15.5 Å². The summed E-state index contributed by atoms with van der Waals surface area (Å²) in [4.78, 5) is 0. The van der Waals surface area contributed by atoms with Crippen LogP contribution in [0.5, 0.6) is 0 Å². The van der Waals surface area contributed by atoms with E-state index in [1.807, 2.05) is 18.2 Å². The number of hydrogen-bond acceptors (Lipinski definition) is 4. The Morgan fingerprint density at radius 3 is 2.89 bits per heavy atom. The van der Waals surface area contributed by atoms with E-state index in [1.165, 1.54) is 18.4 Å². The van der Waals surface area contributed by atoms with E-state index in [1.54, 1.807) is 11.3 Å². The van der Waals surface area contributed by atoms with Gasteiger partial charge in [0, 0.05) is 30.5 Å². The third-order valence-corrected chi connectivity index (χ3v) is 4.32. The average Bonchev–Trinajstić information content (AvgIpc) is 3.10. The first-order valence-corrected chi connectivity index (χ1v) is 7.78. The van der Waals surface area contributed by atoms with Crippen molar-refractivity contribution >= 4 is 22.9 Å². The summed E-state index contributed by atoms with van der Waals surface area (Å²) in [6, 6.07) is 8.68. The number of nitrogens with zero attached hydrogens (tertiary/aromatic N) is 2. The van der Waals surface area contributed by atoms with Crippen LogP contribution in [0, 0.1) is 0 Å². The van der Waals surface area contributed by atoms with Crippen LogP contribution >= 0.6 is 22.9 Å². The smallest absolute Gasteiger partial charge is 0.121 e. The Morgan fingerprint density at radius 1 is 1.26 bits per heavy atom. The molecule has 19 heavy (non-hydrogen) atoms. The van der Waals surface area contributed by atoms with E-state index in [0.29, 0.717) is 0 Å². The molecule has 100 valence electrons. The Balaban J connectivity index is 1.54. The van der Waals surface area contributed by atoms with Crippen LogP contribution in [-0.4, -0.2) is 22.8 Å². The Hall–Kier alpha value is -0.970. The second-order valence-electron chi connectivity index (χ2n) is 4.87. The molecule has 1 N–H and O–H groups in total. The molecule has 0 atom stereocenters. The van der Waals surface area contributed by atoms with Crippen molar-refractivity contribution in [1.29, 1.82) is 0 Å². The molecule has 0 aliphatic heterocycles. The molecular weight excluding hydrogens is 278 g/mol. The molecule has 1 aromatic heterocycles. The van der Waals surface area contributed by atoms with E-state index >= 15 is 0 Å². The van der Waals surface area contributed by atoms with Crippen LogP contribution in [0.25, 0.3) is 0 Å². The van der Waals surface area contributed by atoms with Crippen LogP contribution < -0.4 is 5.32 Å². The topological polar surface area (TPSA) is 37.8 Å². The van der Waals surface area contributed by atoms with E-state index in [9.17, 15) is 0 Å². The summed E-state index contributed by atoms with van der Waals surface area (Å²) in [7, 11) is 0. The maximum atomic E-state index is 5.98. The Morgan fingerprint density at radius 2 is 2.11 bits per heavy atom. The van der Waals surface area contributed by atoms with Gasteiger partial charge in [0.15, 0.2) is 0 Å². The van der Waals surface area contributed by atoms with Crippen molar-refractivity contribution in [2.45, 2.75) is 31.7 Å². The molecule has 1 saturated carbocycles. The van der Waals surface area contributed by atoms with Crippen LogP contribution in [0.4, 0.5) is 0 Å². The van der Waals surface area contributed by atoms with Crippen molar-refractivity contribution in [3.05, 3.63) is 44.9 Å². The van der Waals surface area contributed by atoms with E-state index < -0.39 is 0 Å². The highest BCUT2D eigenvalue weighted by atomic mass is 35.5. The third-order valence-electron chi connectivity index (χ3n) is 3.10. The van der Waals surface area contributed by atoms with Gasteiger partial charge in [-0.05, 0) is 30.5 Å². The highest BCUT2D eigenvalue weighted by Gasteiger charge is 2.19. The molecule has 1 aliphatic rings. The largest absolute Gasteiger partial charge is 0.314 e. The number of aromatic nitrogens is 2. The fourth-order valence-electron chi connectivity index (χ4n) is 1.95. The van der Waals surface area contributed by atoms with Crippen molar-refractivity contribution in [3.8, 4) is 0 Å². The molecule has 1 fully saturated rings. The SMILES string of the molecule is Clc1cccc(Cc2nnc(CCNC3CC3)s2)c1. The lowest BCUT2D eigenvalue weighted by Gasteiger charge is -1.98. The summed E-state index contributed by atoms with van der Waals surface area (Å²) < 4.78 is 0. The van der Waals surface area contributed by atoms with Gasteiger partial charge < -0.3 is 5.32 Å². The van der Waals surface area contributed by atoms with E-state index in [-0.39, 0.29) is 0 Å². The van der Waals surface area contributed by atoms with Gasteiger partial charge in [-0.2, -0.15) is 0 Å². The fraction of sp³-hybridized carbons (Fsp3) is 0.429. The lowest BCUT2D eigenvalue weighted by Crippen LogP contribution is -2.19. The normalized spacial score (nSPS) is 14.8. The first-order valence-electron chi connectivity index (χ1n) is 6.59. The molecule has 0 bridgehead atoms. The Labute approximate surface area is 122 Å². The molecule has 0 spiro atoms. The molecule has 0 saturated heterocycles. The van der Waals surface area contributed by atoms with Gasteiger partial charge in [-0.1, -0.05) is 23.7 Å². The maximum Gasteiger partial charge on any atom is 0.121 e. The van der Waals surface area contributed by atoms with E-state index in [4.69, 9.17) is 11.6 Å². The predicted octanol–water partition coefficient (Wildman–Crippen LogP) is 3.08. The van der Waals surface area contributed by atoms with E-state index in [2.05, 4.69) is 21.6 Å². The molecule has 3 rings (SSSR count). The van der Waals surface area contributed by atoms with E-state index in [0.717, 1.165) is 40.5 Å². The molecule has 0 unspecified atom stereocenters. The van der Waals surface area contributed by atoms with Gasteiger partial charge in [-0.25, -0.2) is 0 Å². The standard InChI is InChI=1S/C14H16ClN3S/c15-11-3-1-2-10(8-11)9-14-18-17-13(19-14)6-7-16-12-4-5-12/h1-3,8,12,16H,4-7,9H2. The first-order chi connectivity index (χ1) is 9.29. The molecular formula is C14H16ClN3S. The Kier molecular flexibility index (Phi) is 4.11. The number of nitrogens with one attached hydrogen (secondary N) is 1. The van der Waals surface area contributed by atoms with Crippen LogP contribution in [0.1, 0.15) is 28.4 Å². The predicted molar refractivity (Wildman–Crippen MR) is 78.9 cm³/mol.